The van der Waals surface area contributed by atoms with Gasteiger partial charge in [0.2, 0.25) is 0 Å². The Balaban J connectivity index is 5.87. The molecule has 0 bridgehead atoms. The molecule has 0 saturated carbocycles. The van der Waals surface area contributed by atoms with E-state index in [0.717, 1.165) is 0 Å². The van der Waals surface area contributed by atoms with Gasteiger partial charge in [0.15, 0.2) is 0 Å². The van der Waals surface area contributed by atoms with Crippen molar-refractivity contribution in [1.82, 2.24) is 0 Å². The third-order valence-corrected chi connectivity index (χ3v) is 14.8. The number of hydrogen-bond donors (Lipinski definition) is 3. The van der Waals surface area contributed by atoms with Crippen LogP contribution in [-0.4, -0.2) is 38.9 Å². The van der Waals surface area contributed by atoms with E-state index >= 15 is 0 Å². The van der Waals surface area contributed by atoms with Gasteiger partial charge in [-0.15, -0.1) is 0 Å². The van der Waals surface area contributed by atoms with Crippen molar-refractivity contribution in [2.45, 2.75) is 0 Å². The van der Waals surface area contributed by atoms with Gasteiger partial charge in [0.1, 0.15) is 0 Å². The summed E-state index contributed by atoms with van der Waals surface area (Å²) in [4.78, 5) is 0. The van der Waals surface area contributed by atoms with E-state index in [4.69, 9.17) is 13.7 Å². The Morgan fingerprint density at radius 2 is 0.769 bits per heavy atom. The second-order valence-corrected chi connectivity index (χ2v) is 13.9. The van der Waals surface area contributed by atoms with Gasteiger partial charge in [0, 0.05) is 0 Å². The zero-order chi connectivity index (χ0) is 11.1. The molecule has 0 atom stereocenters. The van der Waals surface area contributed by atoms with Crippen molar-refractivity contribution < 1.29 is 49.0 Å². The van der Waals surface area contributed by atoms with Crippen molar-refractivity contribution in [3.63, 3.8) is 0 Å². The van der Waals surface area contributed by atoms with Crippen LogP contribution in [0.1, 0.15) is 0 Å². The van der Waals surface area contributed by atoms with E-state index in [1.807, 2.05) is 0 Å². The van der Waals surface area contributed by atoms with Gasteiger partial charge in [-0.25, -0.2) is 0 Å². The first-order chi connectivity index (χ1) is 5.37. The maximum absolute atomic E-state index is 10.1. The number of hydrogen-bond acceptors (Lipinski definition) is 6. The van der Waals surface area contributed by atoms with Gasteiger partial charge in [-0.3, -0.25) is 0 Å². The van der Waals surface area contributed by atoms with Crippen LogP contribution < -0.4 is 0 Å². The third kappa shape index (κ3) is 3.85. The van der Waals surface area contributed by atoms with E-state index in [0.29, 0.717) is 0 Å². The van der Waals surface area contributed by atoms with Crippen LogP contribution in [0.4, 0.5) is 0 Å². The molecule has 0 aromatic rings. The Morgan fingerprint density at radius 3 is 0.769 bits per heavy atom. The predicted molar refractivity (Wildman–Crippen MR) is 34.6 cm³/mol. The van der Waals surface area contributed by atoms with Crippen LogP contribution in [0.15, 0.2) is 0 Å². The van der Waals surface area contributed by atoms with Gasteiger partial charge in [-0.2, -0.15) is 0 Å². The van der Waals surface area contributed by atoms with E-state index in [2.05, 4.69) is 0 Å². The molecule has 0 saturated heterocycles. The third-order valence-electron chi connectivity index (χ3n) is 0.400. The Kier molecular flexibility index (Phi) is 3.48. The van der Waals surface area contributed by atoms with E-state index in [1.54, 1.807) is 0 Å². The second kappa shape index (κ2) is 3.42. The Hall–Kier alpha value is 0.224. The van der Waals surface area contributed by atoms with Crippen LogP contribution in [0.5, 0.6) is 0 Å². The van der Waals surface area contributed by atoms with Crippen molar-refractivity contribution in [2.24, 2.45) is 0 Å². The summed E-state index contributed by atoms with van der Waals surface area (Å²) in [7, 11) is -21.0. The molecule has 0 radical (unpaired) electrons. The topological polar surface area (TPSA) is 163 Å². The predicted octanol–water partition coefficient (Wildman–Crippen LogP) is -1.99. The first-order valence-corrected chi connectivity index (χ1v) is 9.43. The van der Waals surface area contributed by atoms with E-state index in [1.165, 1.54) is 0 Å². The van der Waals surface area contributed by atoms with E-state index in [9.17, 15) is 25.3 Å². The summed E-state index contributed by atoms with van der Waals surface area (Å²) in [6, 6.07) is 0. The Morgan fingerprint density at radius 1 is 0.615 bits per heavy atom. The molecule has 9 nitrogen and oxygen atoms in total. The molecular formula is H3NiO9S3. The standard InChI is InChI=1S/Ni.3HO3S/c;3*1-4(2)3/h;3*(H,1,2,3). The van der Waals surface area contributed by atoms with Gasteiger partial charge in [0.05, 0.1) is 0 Å². The van der Waals surface area contributed by atoms with Crippen LogP contribution in [0.3, 0.4) is 0 Å². The monoisotopic (exact) mass is 301 g/mol. The van der Waals surface area contributed by atoms with Crippen LogP contribution >= 0.6 is 0 Å². The average molecular weight is 302 g/mol. The molecular weight excluding hydrogens is 299 g/mol. The molecule has 0 amide bonds. The average Bonchev–Trinajstić information content (AvgIpc) is 1.44. The van der Waals surface area contributed by atoms with E-state index < -0.39 is 36.0 Å². The minimum atomic E-state index is -5.61. The molecule has 85 valence electrons. The summed E-state index contributed by atoms with van der Waals surface area (Å²) in [6.45, 7) is 0. The van der Waals surface area contributed by atoms with Gasteiger partial charge < -0.3 is 0 Å². The van der Waals surface area contributed by atoms with Crippen molar-refractivity contribution in [3.8, 4) is 0 Å². The summed E-state index contributed by atoms with van der Waals surface area (Å²) in [5.41, 5.74) is 0. The fraction of sp³-hybridized carbons (Fsp3) is 0. The van der Waals surface area contributed by atoms with Gasteiger partial charge >= 0.3 is 74.9 Å². The second-order valence-electron chi connectivity index (χ2n) is 1.30. The van der Waals surface area contributed by atoms with Crippen molar-refractivity contribution >= 4 is 25.9 Å². The molecule has 13 heavy (non-hydrogen) atoms. The quantitative estimate of drug-likeness (QED) is 0.395. The van der Waals surface area contributed by atoms with Crippen molar-refractivity contribution in [3.05, 3.63) is 0 Å². The van der Waals surface area contributed by atoms with Crippen LogP contribution in [0, 0.1) is 0 Å². The summed E-state index contributed by atoms with van der Waals surface area (Å²) in [6.07, 6.45) is 0. The summed E-state index contributed by atoms with van der Waals surface area (Å²) in [5.74, 6) is 0. The Labute approximate surface area is 75.0 Å². The molecule has 0 fully saturated rings. The molecule has 0 rings (SSSR count). The molecule has 0 unspecified atom stereocenters. The van der Waals surface area contributed by atoms with Crippen LogP contribution in [0.2, 0.25) is 0 Å². The molecule has 0 aliphatic rings. The SMILES string of the molecule is O=[S](=O)(O)[Ni]([S](=O)(=O)O)[S](=O)(=O)O. The fourth-order valence-electron chi connectivity index (χ4n) is 0.253. The minimum absolute atomic E-state index is 4.15. The zero-order valence-corrected chi connectivity index (χ0v) is 8.77. The molecule has 0 spiro atoms. The summed E-state index contributed by atoms with van der Waals surface area (Å²) < 4.78 is 84.9. The van der Waals surface area contributed by atoms with Gasteiger partial charge in [-0.1, -0.05) is 0 Å². The first kappa shape index (κ1) is 13.2. The first-order valence-electron chi connectivity index (χ1n) is 1.94. The van der Waals surface area contributed by atoms with Gasteiger partial charge in [0.25, 0.3) is 0 Å². The Bertz CT molecular complexity index is 397. The molecule has 0 aromatic carbocycles. The van der Waals surface area contributed by atoms with Gasteiger partial charge in [-0.05, 0) is 0 Å². The maximum atomic E-state index is 10.1. The molecule has 0 heterocycles. The van der Waals surface area contributed by atoms with E-state index in [-0.39, 0.29) is 0 Å². The van der Waals surface area contributed by atoms with Crippen LogP contribution in [-0.2, 0) is 36.0 Å². The molecule has 0 aliphatic carbocycles. The fourth-order valence-corrected chi connectivity index (χ4v) is 9.37. The zero-order valence-electron chi connectivity index (χ0n) is 5.33. The molecule has 0 aliphatic heterocycles. The molecule has 3 N–H and O–H groups in total. The van der Waals surface area contributed by atoms with Crippen molar-refractivity contribution in [2.75, 3.05) is 0 Å². The van der Waals surface area contributed by atoms with Crippen LogP contribution in [0.25, 0.3) is 0 Å². The summed E-state index contributed by atoms with van der Waals surface area (Å²) >= 11 is 0. The summed E-state index contributed by atoms with van der Waals surface area (Å²) in [5, 5.41) is 0. The molecule has 0 aromatic heterocycles. The van der Waals surface area contributed by atoms with Crippen molar-refractivity contribution in [1.29, 1.82) is 0 Å². The normalized spacial score (nSPS) is 15.5. The molecule has 13 heteroatoms. The number of rotatable bonds is 3.